The van der Waals surface area contributed by atoms with E-state index in [9.17, 15) is 29.1 Å². The van der Waals surface area contributed by atoms with Gasteiger partial charge in [-0.2, -0.15) is 15.6 Å². The second-order valence-electron chi connectivity index (χ2n) is 11.0. The number of rotatable bonds is 8. The molecule has 234 valence electrons. The van der Waals surface area contributed by atoms with Gasteiger partial charge in [0.05, 0.1) is 64.1 Å². The van der Waals surface area contributed by atoms with Gasteiger partial charge in [0.15, 0.2) is 0 Å². The van der Waals surface area contributed by atoms with Crippen molar-refractivity contribution in [3.63, 3.8) is 0 Å². The Balaban J connectivity index is 1.71. The largest absolute Gasteiger partial charge is 0.341 e. The number of amides is 3. The first-order chi connectivity index (χ1) is 22.1. The van der Waals surface area contributed by atoms with E-state index in [-0.39, 0.29) is 23.5 Å². The molecule has 0 aliphatic carbocycles. The molecule has 1 aliphatic rings. The topological polar surface area (TPSA) is 164 Å². The molecule has 0 saturated heterocycles. The average molecular weight is 637 g/mol. The molecule has 3 aromatic carbocycles. The van der Waals surface area contributed by atoms with Crippen LogP contribution in [0.25, 0.3) is 16.6 Å². The fourth-order valence-electron chi connectivity index (χ4n) is 5.57. The van der Waals surface area contributed by atoms with E-state index in [1.54, 1.807) is 55.9 Å². The first kappa shape index (κ1) is 32.0. The molecule has 2 unspecified atom stereocenters. The smallest absolute Gasteiger partial charge is 0.252 e. The van der Waals surface area contributed by atoms with Gasteiger partial charge in [0, 0.05) is 22.4 Å². The van der Waals surface area contributed by atoms with Crippen LogP contribution < -0.4 is 20.4 Å². The van der Waals surface area contributed by atoms with Gasteiger partial charge in [-0.25, -0.2) is 4.68 Å². The summed E-state index contributed by atoms with van der Waals surface area (Å²) in [4.78, 5) is 44.2. The molecule has 5 rings (SSSR count). The van der Waals surface area contributed by atoms with Crippen molar-refractivity contribution >= 4 is 50.8 Å². The number of anilines is 2. The predicted octanol–water partition coefficient (Wildman–Crippen LogP) is 2.51. The minimum absolute atomic E-state index is 0.0671. The Labute approximate surface area is 268 Å². The Bertz CT molecular complexity index is 1960. The minimum Gasteiger partial charge on any atom is -0.341 e. The average Bonchev–Trinajstić information content (AvgIpc) is 3.39. The van der Waals surface area contributed by atoms with Gasteiger partial charge in [-0.15, -0.1) is 0 Å². The summed E-state index contributed by atoms with van der Waals surface area (Å²) in [6, 6.07) is 20.7. The van der Waals surface area contributed by atoms with Crippen molar-refractivity contribution in [1.29, 1.82) is 10.5 Å². The van der Waals surface area contributed by atoms with Crippen molar-refractivity contribution in [2.24, 2.45) is 0 Å². The first-order valence-electron chi connectivity index (χ1n) is 14.5. The van der Waals surface area contributed by atoms with Gasteiger partial charge in [-0.3, -0.25) is 18.6 Å². The number of para-hydroxylation sites is 2. The lowest BCUT2D eigenvalue weighted by atomic mass is 10.1. The molecule has 1 aliphatic heterocycles. The fourth-order valence-corrected chi connectivity index (χ4v) is 6.06. The minimum atomic E-state index is -1.50. The lowest BCUT2D eigenvalue weighted by Crippen LogP contribution is -2.60. The zero-order valence-corrected chi connectivity index (χ0v) is 26.5. The van der Waals surface area contributed by atoms with Crippen LogP contribution in [0.15, 0.2) is 66.7 Å². The van der Waals surface area contributed by atoms with Gasteiger partial charge in [0.1, 0.15) is 17.9 Å². The summed E-state index contributed by atoms with van der Waals surface area (Å²) in [5, 5.41) is 30.8. The lowest BCUT2D eigenvalue weighted by Gasteiger charge is -2.32. The third-order valence-corrected chi connectivity index (χ3v) is 8.67. The molecule has 4 aromatic rings. The molecule has 0 radical (unpaired) electrons. The number of nitriles is 2. The Hall–Kier alpha value is -5.37. The van der Waals surface area contributed by atoms with E-state index < -0.39 is 46.6 Å². The maximum Gasteiger partial charge on any atom is 0.252 e. The highest BCUT2D eigenvalue weighted by Crippen LogP contribution is 2.38. The number of carbonyl (C=O) groups excluding carboxylic acids is 3. The highest BCUT2D eigenvalue weighted by atomic mass is 32.2. The van der Waals surface area contributed by atoms with Gasteiger partial charge < -0.3 is 20.4 Å². The fraction of sp³-hybridized carbons (Fsp3) is 0.273. The SMILES string of the molecule is CN[C@@H](C)C(=O)NC1C(=O)N(Cc2nn(-c3ccccc3C#N)c3ccccc23)c2ccc(C#N)cc2N(C(=O)CS(C)=O)[C@H]1C. The third-order valence-electron chi connectivity index (χ3n) is 8.02. The highest BCUT2D eigenvalue weighted by Gasteiger charge is 2.43. The molecular weight excluding hydrogens is 604 g/mol. The molecule has 2 N–H and O–H groups in total. The van der Waals surface area contributed by atoms with Crippen LogP contribution in [-0.2, 0) is 31.7 Å². The van der Waals surface area contributed by atoms with Crippen molar-refractivity contribution in [2.75, 3.05) is 28.9 Å². The van der Waals surface area contributed by atoms with E-state index >= 15 is 0 Å². The Morgan fingerprint density at radius 2 is 1.74 bits per heavy atom. The van der Waals surface area contributed by atoms with Crippen molar-refractivity contribution in [2.45, 2.75) is 38.5 Å². The molecule has 3 amide bonds. The highest BCUT2D eigenvalue weighted by molar-refractivity contribution is 7.85. The quantitative estimate of drug-likeness (QED) is 0.298. The number of hydrogen-bond acceptors (Lipinski definition) is 8. The summed E-state index contributed by atoms with van der Waals surface area (Å²) in [7, 11) is 0.114. The van der Waals surface area contributed by atoms with E-state index in [2.05, 4.69) is 22.8 Å². The summed E-state index contributed by atoms with van der Waals surface area (Å²) in [6.07, 6.45) is 1.41. The van der Waals surface area contributed by atoms with Gasteiger partial charge in [0.2, 0.25) is 11.8 Å². The predicted molar refractivity (Wildman–Crippen MR) is 174 cm³/mol. The van der Waals surface area contributed by atoms with Crippen LogP contribution in [-0.4, -0.2) is 68.9 Å². The van der Waals surface area contributed by atoms with E-state index in [0.717, 1.165) is 5.39 Å². The molecule has 0 spiro atoms. The van der Waals surface area contributed by atoms with Crippen LogP contribution in [0.2, 0.25) is 0 Å². The standard InChI is InChI=1S/C33H32N8O4S/c1-20(36-3)32(43)37-31-21(2)40(30(42)19-46(4)45)29-15-22(16-34)13-14-28(29)39(33(31)44)18-25-24-10-6-8-12-27(24)41(38-25)26-11-7-5-9-23(26)17-35/h5-15,20-21,31,36H,18-19H2,1-4H3,(H,37,43)/t20-,21-,31?,46?/m0/s1. The van der Waals surface area contributed by atoms with Crippen molar-refractivity contribution in [1.82, 2.24) is 20.4 Å². The van der Waals surface area contributed by atoms with E-state index in [1.807, 2.05) is 30.3 Å². The van der Waals surface area contributed by atoms with Crippen LogP contribution in [0.4, 0.5) is 11.4 Å². The molecule has 12 nitrogen and oxygen atoms in total. The van der Waals surface area contributed by atoms with Crippen LogP contribution in [0.5, 0.6) is 0 Å². The summed E-state index contributed by atoms with van der Waals surface area (Å²) in [5.41, 5.74) is 3.04. The zero-order chi connectivity index (χ0) is 33.1. The van der Waals surface area contributed by atoms with Gasteiger partial charge in [-0.1, -0.05) is 30.3 Å². The third kappa shape index (κ3) is 5.98. The van der Waals surface area contributed by atoms with E-state index in [1.165, 1.54) is 22.1 Å². The maximum absolute atomic E-state index is 14.6. The second-order valence-corrected chi connectivity index (χ2v) is 12.4. The van der Waals surface area contributed by atoms with Crippen molar-refractivity contribution in [3.05, 3.63) is 83.6 Å². The molecule has 0 saturated carbocycles. The molecular formula is C33H32N8O4S. The summed E-state index contributed by atoms with van der Waals surface area (Å²) >= 11 is 0. The van der Waals surface area contributed by atoms with Gasteiger partial charge in [-0.05, 0) is 57.3 Å². The first-order valence-corrected chi connectivity index (χ1v) is 16.2. The maximum atomic E-state index is 14.6. The van der Waals surface area contributed by atoms with Crippen molar-refractivity contribution < 1.29 is 18.6 Å². The summed E-state index contributed by atoms with van der Waals surface area (Å²) in [6.45, 7) is 3.22. The van der Waals surface area contributed by atoms with Crippen molar-refractivity contribution in [3.8, 4) is 17.8 Å². The van der Waals surface area contributed by atoms with Crippen LogP contribution in [0.1, 0.15) is 30.7 Å². The van der Waals surface area contributed by atoms with Gasteiger partial charge >= 0.3 is 0 Å². The van der Waals surface area contributed by atoms with E-state index in [4.69, 9.17) is 5.10 Å². The number of likely N-dealkylation sites (N-methyl/N-ethyl adjacent to an activating group) is 1. The molecule has 46 heavy (non-hydrogen) atoms. The number of nitrogens with one attached hydrogen (secondary N) is 2. The molecule has 2 heterocycles. The molecule has 0 fully saturated rings. The molecule has 0 bridgehead atoms. The summed E-state index contributed by atoms with van der Waals surface area (Å²) < 4.78 is 13.9. The molecule has 13 heteroatoms. The Morgan fingerprint density at radius 1 is 1.02 bits per heavy atom. The number of carbonyl (C=O) groups is 3. The van der Waals surface area contributed by atoms with Crippen LogP contribution in [0.3, 0.4) is 0 Å². The Kier molecular flexibility index (Phi) is 9.28. The molecule has 1 aromatic heterocycles. The second kappa shape index (κ2) is 13.3. The monoisotopic (exact) mass is 636 g/mol. The Morgan fingerprint density at radius 3 is 2.43 bits per heavy atom. The molecule has 4 atom stereocenters. The summed E-state index contributed by atoms with van der Waals surface area (Å²) in [5.74, 6) is -1.80. The number of aromatic nitrogens is 2. The van der Waals surface area contributed by atoms with Gasteiger partial charge in [0.25, 0.3) is 5.91 Å². The number of fused-ring (bicyclic) bond motifs is 2. The van der Waals surface area contributed by atoms with Crippen LogP contribution >= 0.6 is 0 Å². The lowest BCUT2D eigenvalue weighted by molar-refractivity contribution is -0.129. The number of hydrogen-bond donors (Lipinski definition) is 2. The van der Waals surface area contributed by atoms with E-state index in [0.29, 0.717) is 28.1 Å². The van der Waals surface area contributed by atoms with Crippen LogP contribution in [0, 0.1) is 22.7 Å². The number of benzene rings is 3. The zero-order valence-electron chi connectivity index (χ0n) is 25.7. The normalized spacial score (nSPS) is 17.4. The number of nitrogens with zero attached hydrogens (tertiary/aromatic N) is 6.